The first-order chi connectivity index (χ1) is 13.4. The van der Waals surface area contributed by atoms with Crippen LogP contribution in [0.3, 0.4) is 0 Å². The highest BCUT2D eigenvalue weighted by molar-refractivity contribution is 6.36. The van der Waals surface area contributed by atoms with Crippen molar-refractivity contribution >= 4 is 35.2 Å². The third-order valence-corrected chi connectivity index (χ3v) is 5.34. The molecule has 1 aliphatic heterocycles. The first-order valence-corrected chi connectivity index (χ1v) is 9.59. The van der Waals surface area contributed by atoms with Gasteiger partial charge >= 0.3 is 6.09 Å². The van der Waals surface area contributed by atoms with Crippen LogP contribution in [0.4, 0.5) is 4.79 Å². The van der Waals surface area contributed by atoms with Crippen LogP contribution in [0.25, 0.3) is 0 Å². The molecule has 1 saturated heterocycles. The largest absolute Gasteiger partial charge is 0.465 e. The van der Waals surface area contributed by atoms with Crippen molar-refractivity contribution in [2.24, 2.45) is 0 Å². The molecule has 0 saturated carbocycles. The van der Waals surface area contributed by atoms with Gasteiger partial charge in [-0.25, -0.2) is 9.69 Å². The molecule has 0 aromatic heterocycles. The van der Waals surface area contributed by atoms with E-state index in [2.05, 4.69) is 6.58 Å². The standard InChI is InChI=1S/C21H20Cl2N2O3/c1-2-6-15-11-16(22)19(17(23)12-15)20-24(13-18(26)25(20)21(27)28)10-9-14-7-4-3-5-8-14/h2-5,7-8,11-12,20H,1,6,9-10,13H2,(H,27,28). The minimum atomic E-state index is -1.32. The van der Waals surface area contributed by atoms with E-state index in [0.717, 1.165) is 16.0 Å². The van der Waals surface area contributed by atoms with Crippen LogP contribution in [0, 0.1) is 0 Å². The summed E-state index contributed by atoms with van der Waals surface area (Å²) < 4.78 is 0. The number of carboxylic acid groups (broad SMARTS) is 1. The Morgan fingerprint density at radius 2 is 1.82 bits per heavy atom. The molecule has 1 aliphatic rings. The van der Waals surface area contributed by atoms with Crippen LogP contribution in [-0.4, -0.2) is 40.0 Å². The molecule has 0 aliphatic carbocycles. The van der Waals surface area contributed by atoms with Gasteiger partial charge in [-0.15, -0.1) is 6.58 Å². The van der Waals surface area contributed by atoms with Gasteiger partial charge in [-0.2, -0.15) is 0 Å². The smallest absolute Gasteiger partial charge is 0.415 e. The fourth-order valence-electron chi connectivity index (χ4n) is 3.45. The molecule has 2 aromatic rings. The number of rotatable bonds is 6. The summed E-state index contributed by atoms with van der Waals surface area (Å²) in [7, 11) is 0. The highest BCUT2D eigenvalue weighted by atomic mass is 35.5. The third-order valence-electron chi connectivity index (χ3n) is 4.71. The molecule has 1 unspecified atom stereocenters. The van der Waals surface area contributed by atoms with Gasteiger partial charge in [-0.1, -0.05) is 59.6 Å². The van der Waals surface area contributed by atoms with Crippen molar-refractivity contribution < 1.29 is 14.7 Å². The molecule has 1 N–H and O–H groups in total. The molecule has 1 heterocycles. The maximum Gasteiger partial charge on any atom is 0.415 e. The van der Waals surface area contributed by atoms with Crippen molar-refractivity contribution in [3.8, 4) is 0 Å². The van der Waals surface area contributed by atoms with Crippen LogP contribution in [0.15, 0.2) is 55.1 Å². The molecule has 5 nitrogen and oxygen atoms in total. The van der Waals surface area contributed by atoms with E-state index in [1.807, 2.05) is 30.3 Å². The van der Waals surface area contributed by atoms with Crippen LogP contribution in [0.1, 0.15) is 22.9 Å². The SMILES string of the molecule is C=CCc1cc(Cl)c(C2N(CCc3ccccc3)CC(=O)N2C(=O)O)c(Cl)c1. The van der Waals surface area contributed by atoms with E-state index in [1.54, 1.807) is 23.1 Å². The number of imide groups is 1. The van der Waals surface area contributed by atoms with Gasteiger partial charge in [0.1, 0.15) is 6.17 Å². The highest BCUT2D eigenvalue weighted by Crippen LogP contribution is 2.40. The van der Waals surface area contributed by atoms with Crippen LogP contribution in [0.5, 0.6) is 0 Å². The Hall–Kier alpha value is -2.34. The Balaban J connectivity index is 1.96. The van der Waals surface area contributed by atoms with Gasteiger partial charge in [-0.3, -0.25) is 9.69 Å². The Kier molecular flexibility index (Phi) is 6.39. The molecule has 2 aromatic carbocycles. The lowest BCUT2D eigenvalue weighted by Crippen LogP contribution is -2.37. The number of carbonyl (C=O) groups excluding carboxylic acids is 1. The van der Waals surface area contributed by atoms with Gasteiger partial charge in [0.05, 0.1) is 6.54 Å². The maximum atomic E-state index is 12.4. The van der Waals surface area contributed by atoms with Gasteiger partial charge < -0.3 is 5.11 Å². The first-order valence-electron chi connectivity index (χ1n) is 8.84. The molecule has 0 spiro atoms. The average molecular weight is 419 g/mol. The fourth-order valence-corrected chi connectivity index (χ4v) is 4.17. The molecular formula is C21H20Cl2N2O3. The monoisotopic (exact) mass is 418 g/mol. The van der Waals surface area contributed by atoms with E-state index in [1.165, 1.54) is 0 Å². The number of hydrogen-bond acceptors (Lipinski definition) is 3. The third kappa shape index (κ3) is 4.22. The summed E-state index contributed by atoms with van der Waals surface area (Å²) in [5.41, 5.74) is 2.40. The summed E-state index contributed by atoms with van der Waals surface area (Å²) in [6.45, 7) is 4.18. The van der Waals surface area contributed by atoms with E-state index in [4.69, 9.17) is 23.2 Å². The van der Waals surface area contributed by atoms with Crippen LogP contribution in [-0.2, 0) is 17.6 Å². The van der Waals surface area contributed by atoms with Gasteiger partial charge in [0.15, 0.2) is 0 Å². The van der Waals surface area contributed by atoms with E-state index in [0.29, 0.717) is 35.0 Å². The topological polar surface area (TPSA) is 60.9 Å². The second-order valence-electron chi connectivity index (χ2n) is 6.59. The molecule has 7 heteroatoms. The Bertz CT molecular complexity index is 879. The zero-order chi connectivity index (χ0) is 20.3. The second kappa shape index (κ2) is 8.78. The lowest BCUT2D eigenvalue weighted by Gasteiger charge is -2.29. The molecule has 0 radical (unpaired) electrons. The summed E-state index contributed by atoms with van der Waals surface area (Å²) in [6, 6.07) is 13.3. The molecule has 2 amide bonds. The van der Waals surface area contributed by atoms with E-state index < -0.39 is 18.2 Å². The number of halogens is 2. The van der Waals surface area contributed by atoms with Crippen molar-refractivity contribution in [1.82, 2.24) is 9.80 Å². The predicted octanol–water partition coefficient (Wildman–Crippen LogP) is 4.79. The molecule has 146 valence electrons. The summed E-state index contributed by atoms with van der Waals surface area (Å²) in [4.78, 5) is 26.8. The Morgan fingerprint density at radius 3 is 2.39 bits per heavy atom. The molecule has 3 rings (SSSR count). The first kappa shape index (κ1) is 20.4. The predicted molar refractivity (Wildman–Crippen MR) is 110 cm³/mol. The summed E-state index contributed by atoms with van der Waals surface area (Å²) in [6.07, 6.45) is 0.813. The van der Waals surface area contributed by atoms with E-state index in [-0.39, 0.29) is 6.54 Å². The summed E-state index contributed by atoms with van der Waals surface area (Å²) in [5.74, 6) is -0.493. The highest BCUT2D eigenvalue weighted by Gasteiger charge is 2.44. The number of carbonyl (C=O) groups is 2. The molecule has 28 heavy (non-hydrogen) atoms. The molecule has 0 bridgehead atoms. The van der Waals surface area contributed by atoms with Crippen LogP contribution < -0.4 is 0 Å². The number of nitrogens with zero attached hydrogens (tertiary/aromatic N) is 2. The van der Waals surface area contributed by atoms with E-state index >= 15 is 0 Å². The minimum Gasteiger partial charge on any atom is -0.465 e. The Labute approximate surface area is 173 Å². The summed E-state index contributed by atoms with van der Waals surface area (Å²) in [5, 5.41) is 10.3. The maximum absolute atomic E-state index is 12.4. The van der Waals surface area contributed by atoms with Crippen molar-refractivity contribution in [2.75, 3.05) is 13.1 Å². The molecule has 1 atom stereocenters. The van der Waals surface area contributed by atoms with Gasteiger partial charge in [-0.05, 0) is 36.1 Å². The summed E-state index contributed by atoms with van der Waals surface area (Å²) >= 11 is 12.9. The van der Waals surface area contributed by atoms with Gasteiger partial charge in [0, 0.05) is 22.2 Å². The van der Waals surface area contributed by atoms with Crippen molar-refractivity contribution in [1.29, 1.82) is 0 Å². The lowest BCUT2D eigenvalue weighted by atomic mass is 10.1. The van der Waals surface area contributed by atoms with Gasteiger partial charge in [0.25, 0.3) is 0 Å². The number of amides is 2. The lowest BCUT2D eigenvalue weighted by molar-refractivity contribution is -0.125. The quantitative estimate of drug-likeness (QED) is 0.685. The van der Waals surface area contributed by atoms with Crippen LogP contribution in [0.2, 0.25) is 10.0 Å². The van der Waals surface area contributed by atoms with Crippen molar-refractivity contribution in [2.45, 2.75) is 19.0 Å². The second-order valence-corrected chi connectivity index (χ2v) is 7.41. The molecular weight excluding hydrogens is 399 g/mol. The number of benzene rings is 2. The normalized spacial score (nSPS) is 17.1. The fraction of sp³-hybridized carbons (Fsp3) is 0.238. The number of hydrogen-bond donors (Lipinski definition) is 1. The zero-order valence-electron chi connectivity index (χ0n) is 15.1. The van der Waals surface area contributed by atoms with Gasteiger partial charge in [0.2, 0.25) is 5.91 Å². The van der Waals surface area contributed by atoms with Crippen molar-refractivity contribution in [3.05, 3.63) is 81.9 Å². The Morgan fingerprint density at radius 1 is 1.18 bits per heavy atom. The minimum absolute atomic E-state index is 0.00906. The zero-order valence-corrected chi connectivity index (χ0v) is 16.7. The number of allylic oxidation sites excluding steroid dienone is 1. The molecule has 1 fully saturated rings. The van der Waals surface area contributed by atoms with Crippen LogP contribution >= 0.6 is 23.2 Å². The van der Waals surface area contributed by atoms with E-state index in [9.17, 15) is 14.7 Å². The average Bonchev–Trinajstić information content (AvgIpc) is 2.97. The van der Waals surface area contributed by atoms with Crippen molar-refractivity contribution in [3.63, 3.8) is 0 Å².